The second kappa shape index (κ2) is 31.3. The lowest BCUT2D eigenvalue weighted by atomic mass is 9.62. The molecule has 2 aliphatic rings. The van der Waals surface area contributed by atoms with Gasteiger partial charge < -0.3 is 10.2 Å². The van der Waals surface area contributed by atoms with E-state index in [4.69, 9.17) is 0 Å². The van der Waals surface area contributed by atoms with E-state index in [0.29, 0.717) is 45.9 Å². The Morgan fingerprint density at radius 1 is 0.375 bits per heavy atom. The Morgan fingerprint density at radius 2 is 0.650 bits per heavy atom. The Hall–Kier alpha value is -4.46. The SMILES string of the molecule is C.C.CCCCC(CC)Cc1cc2c(cc1CC(CC)CCCC)C(=O)c1ccccc1C2=O.CCCCC(CC)Cc1cc2c(cc1CC(CC)CCCC)C(O)(c1ccc(Br)cc1)c1ccccc1C2(O)c1ccc(Br)cc1. The van der Waals surface area contributed by atoms with Crippen LogP contribution in [0.15, 0.2) is 130 Å². The number of aliphatic hydroxyl groups is 2. The van der Waals surface area contributed by atoms with Crippen molar-refractivity contribution >= 4 is 43.4 Å². The predicted octanol–water partition coefficient (Wildman–Crippen LogP) is 20.9. The van der Waals surface area contributed by atoms with E-state index in [1.54, 1.807) is 12.1 Å². The molecule has 6 aromatic carbocycles. The second-order valence-electron chi connectivity index (χ2n) is 23.0. The van der Waals surface area contributed by atoms with Gasteiger partial charge in [0.1, 0.15) is 11.2 Å². The Bertz CT molecular complexity index is 2720. The van der Waals surface area contributed by atoms with Gasteiger partial charge in [-0.1, -0.05) is 290 Å². The van der Waals surface area contributed by atoms with Crippen molar-refractivity contribution in [2.75, 3.05) is 0 Å². The number of rotatable bonds is 26. The first-order valence-corrected chi connectivity index (χ1v) is 31.9. The average molecular weight is 1210 g/mol. The van der Waals surface area contributed by atoms with Crippen LogP contribution in [0.3, 0.4) is 0 Å². The largest absolute Gasteiger partial charge is 0.376 e. The molecule has 2 aliphatic carbocycles. The Labute approximate surface area is 501 Å². The van der Waals surface area contributed by atoms with Gasteiger partial charge in [-0.05, 0) is 141 Å². The van der Waals surface area contributed by atoms with Crippen LogP contribution in [-0.4, -0.2) is 21.8 Å². The lowest BCUT2D eigenvalue weighted by molar-refractivity contribution is 0.0745. The monoisotopic (exact) mass is 1210 g/mol. The van der Waals surface area contributed by atoms with Gasteiger partial charge in [-0.25, -0.2) is 0 Å². The molecule has 2 N–H and O–H groups in total. The minimum absolute atomic E-state index is 0. The Balaban J connectivity index is 0.000000305. The molecule has 0 saturated carbocycles. The number of unbranched alkanes of at least 4 members (excludes halogenated alkanes) is 4. The molecule has 0 amide bonds. The van der Waals surface area contributed by atoms with Gasteiger partial charge in [0.05, 0.1) is 0 Å². The van der Waals surface area contributed by atoms with Gasteiger partial charge in [0.2, 0.25) is 0 Å². The molecule has 0 aromatic heterocycles. The molecule has 0 heterocycles. The standard InChI is InChI=1S/C42H50Br2O2.C30H40O2.2CH4/c1-5-9-13-29(7-3)25-31-27-39-40(28-32(31)26-30(8-4)14-10-6-2)42(46,34-19-23-36(44)24-20-34)38-16-12-11-15-37(38)41(39,45)33-17-21-35(43)22-18-33;1-5-9-13-21(7-3)17-23-19-27-28(20-24(23)18-22(8-4)14-10-6-2)30(32)26-16-12-11-15-25(26)29(27)31;;/h11-12,15-24,27-30,45-46H,5-10,13-14,25-26H2,1-4H3;11-12,15-16,19-22H,5-10,13-14,17-18H2,1-4H3;2*1H4. The molecular formula is C74H98Br2O4. The van der Waals surface area contributed by atoms with E-state index in [2.05, 4.69) is 112 Å². The molecule has 0 radical (unpaired) electrons. The van der Waals surface area contributed by atoms with Crippen molar-refractivity contribution in [3.8, 4) is 0 Å². The molecule has 0 spiro atoms. The molecule has 0 fully saturated rings. The molecule has 8 rings (SSSR count). The lowest BCUT2D eigenvalue weighted by Gasteiger charge is -2.46. The smallest absolute Gasteiger partial charge is 0.194 e. The number of halogens is 2. The van der Waals surface area contributed by atoms with Crippen LogP contribution >= 0.6 is 31.9 Å². The van der Waals surface area contributed by atoms with Crippen molar-refractivity contribution in [2.24, 2.45) is 23.7 Å². The summed E-state index contributed by atoms with van der Waals surface area (Å²) in [7, 11) is 0. The third kappa shape index (κ3) is 14.8. The van der Waals surface area contributed by atoms with Gasteiger partial charge in [0.25, 0.3) is 0 Å². The number of fused-ring (bicyclic) bond motifs is 4. The zero-order valence-electron chi connectivity index (χ0n) is 48.5. The fourth-order valence-corrected chi connectivity index (χ4v) is 13.2. The molecule has 0 saturated heterocycles. The minimum atomic E-state index is -1.43. The van der Waals surface area contributed by atoms with Gasteiger partial charge in [-0.3, -0.25) is 9.59 Å². The summed E-state index contributed by atoms with van der Waals surface area (Å²) >= 11 is 7.21. The Morgan fingerprint density at radius 3 is 0.925 bits per heavy atom. The maximum absolute atomic E-state index is 13.3. The summed E-state index contributed by atoms with van der Waals surface area (Å²) in [6.07, 6.45) is 23.2. The molecule has 0 aliphatic heterocycles. The fraction of sp³-hybridized carbons (Fsp3) is 0.486. The summed E-state index contributed by atoms with van der Waals surface area (Å²) in [4.78, 5) is 26.6. The topological polar surface area (TPSA) is 74.6 Å². The molecule has 6 unspecified atom stereocenters. The van der Waals surface area contributed by atoms with Crippen LogP contribution in [0.4, 0.5) is 0 Å². The van der Waals surface area contributed by atoms with Crippen molar-refractivity contribution in [3.63, 3.8) is 0 Å². The van der Waals surface area contributed by atoms with Crippen LogP contribution in [0.25, 0.3) is 0 Å². The first-order chi connectivity index (χ1) is 37.7. The zero-order chi connectivity index (χ0) is 56.0. The molecule has 432 valence electrons. The molecular weight excluding hydrogens is 1110 g/mol. The Kier molecular flexibility index (Phi) is 25.9. The van der Waals surface area contributed by atoms with Crippen molar-refractivity contribution in [2.45, 2.75) is 210 Å². The van der Waals surface area contributed by atoms with Gasteiger partial charge >= 0.3 is 0 Å². The van der Waals surface area contributed by atoms with Gasteiger partial charge in [0, 0.05) is 31.2 Å². The van der Waals surface area contributed by atoms with Crippen LogP contribution in [-0.2, 0) is 36.9 Å². The van der Waals surface area contributed by atoms with Gasteiger partial charge in [-0.15, -0.1) is 0 Å². The van der Waals surface area contributed by atoms with Crippen molar-refractivity contribution in [1.82, 2.24) is 0 Å². The quantitative estimate of drug-likeness (QED) is 0.0567. The minimum Gasteiger partial charge on any atom is -0.376 e. The van der Waals surface area contributed by atoms with E-state index in [1.807, 2.05) is 84.9 Å². The highest BCUT2D eigenvalue weighted by Crippen LogP contribution is 2.54. The van der Waals surface area contributed by atoms with E-state index in [0.717, 1.165) is 93.7 Å². The van der Waals surface area contributed by atoms with E-state index in [1.165, 1.54) is 99.3 Å². The average Bonchev–Trinajstić information content (AvgIpc) is 3.52. The molecule has 6 aromatic rings. The van der Waals surface area contributed by atoms with Crippen LogP contribution in [0.1, 0.15) is 260 Å². The first kappa shape index (κ1) is 66.3. The van der Waals surface area contributed by atoms with Crippen LogP contribution in [0, 0.1) is 23.7 Å². The maximum Gasteiger partial charge on any atom is 0.194 e. The van der Waals surface area contributed by atoms with Crippen molar-refractivity contribution in [3.05, 3.63) is 208 Å². The highest BCUT2D eigenvalue weighted by atomic mass is 79.9. The fourth-order valence-electron chi connectivity index (χ4n) is 12.7. The number of carbonyl (C=O) groups is 2. The third-order valence-electron chi connectivity index (χ3n) is 17.8. The normalized spacial score (nSPS) is 17.5. The summed E-state index contributed by atoms with van der Waals surface area (Å²) in [5.74, 6) is 2.42. The molecule has 6 heteroatoms. The maximum atomic E-state index is 13.3. The molecule has 80 heavy (non-hydrogen) atoms. The molecule has 0 bridgehead atoms. The molecule has 4 nitrogen and oxygen atoms in total. The highest BCUT2D eigenvalue weighted by Gasteiger charge is 2.51. The van der Waals surface area contributed by atoms with Crippen molar-refractivity contribution in [1.29, 1.82) is 0 Å². The summed E-state index contributed by atoms with van der Waals surface area (Å²) in [5, 5.41) is 26.4. The predicted molar refractivity (Wildman–Crippen MR) is 347 cm³/mol. The highest BCUT2D eigenvalue weighted by molar-refractivity contribution is 9.10. The second-order valence-corrected chi connectivity index (χ2v) is 24.8. The van der Waals surface area contributed by atoms with E-state index in [-0.39, 0.29) is 26.4 Å². The van der Waals surface area contributed by atoms with Crippen LogP contribution in [0.2, 0.25) is 0 Å². The summed E-state index contributed by atoms with van der Waals surface area (Å²) in [6.45, 7) is 18.2. The number of carbonyl (C=O) groups excluding carboxylic acids is 2. The third-order valence-corrected chi connectivity index (χ3v) is 18.9. The first-order valence-electron chi connectivity index (χ1n) is 30.3. The summed E-state index contributed by atoms with van der Waals surface area (Å²) in [5.41, 5.74) is 9.31. The number of benzene rings is 6. The van der Waals surface area contributed by atoms with Crippen LogP contribution in [0.5, 0.6) is 0 Å². The van der Waals surface area contributed by atoms with Gasteiger partial charge in [-0.2, -0.15) is 0 Å². The van der Waals surface area contributed by atoms with E-state index in [9.17, 15) is 19.8 Å². The van der Waals surface area contributed by atoms with E-state index >= 15 is 0 Å². The number of hydrogen-bond acceptors (Lipinski definition) is 4. The van der Waals surface area contributed by atoms with Crippen molar-refractivity contribution < 1.29 is 19.8 Å². The zero-order valence-corrected chi connectivity index (χ0v) is 51.6. The number of ketones is 2. The molecule has 6 atom stereocenters. The van der Waals surface area contributed by atoms with E-state index < -0.39 is 11.2 Å². The lowest BCUT2D eigenvalue weighted by Crippen LogP contribution is -2.44. The van der Waals surface area contributed by atoms with Gasteiger partial charge in [0.15, 0.2) is 11.6 Å². The summed E-state index contributed by atoms with van der Waals surface area (Å²) < 4.78 is 1.93. The van der Waals surface area contributed by atoms with Crippen LogP contribution < -0.4 is 0 Å². The summed E-state index contributed by atoms with van der Waals surface area (Å²) in [6, 6.07) is 40.0. The number of hydrogen-bond donors (Lipinski definition) is 2.